The zero-order valence-electron chi connectivity index (χ0n) is 16.8. The molecular weight excluding hydrogens is 380 g/mol. The highest BCUT2D eigenvalue weighted by molar-refractivity contribution is 5.89. The van der Waals surface area contributed by atoms with Gasteiger partial charge in [-0.2, -0.15) is 0 Å². The van der Waals surface area contributed by atoms with Crippen LogP contribution in [0.3, 0.4) is 0 Å². The van der Waals surface area contributed by atoms with Crippen LogP contribution < -0.4 is 4.74 Å². The van der Waals surface area contributed by atoms with Crippen molar-refractivity contribution in [3.8, 4) is 11.5 Å². The number of rotatable bonds is 5. The summed E-state index contributed by atoms with van der Waals surface area (Å²) in [6.45, 7) is 3.72. The number of carbonyl (C=O) groups excluding carboxylic acids is 2. The minimum atomic E-state index is -0.550. The minimum Gasteiger partial charge on any atom is -0.460 e. The van der Waals surface area contributed by atoms with E-state index < -0.39 is 5.92 Å². The van der Waals surface area contributed by atoms with Crippen LogP contribution in [0.25, 0.3) is 0 Å². The molecular formula is C25H22O5. The summed E-state index contributed by atoms with van der Waals surface area (Å²) in [4.78, 5) is 25.0. The van der Waals surface area contributed by atoms with Crippen LogP contribution in [0.5, 0.6) is 11.5 Å². The molecule has 0 radical (unpaired) electrons. The van der Waals surface area contributed by atoms with Crippen LogP contribution >= 0.6 is 0 Å². The maximum Gasteiger partial charge on any atom is 0.338 e. The van der Waals surface area contributed by atoms with E-state index in [1.165, 1.54) is 0 Å². The fourth-order valence-corrected chi connectivity index (χ4v) is 3.42. The van der Waals surface area contributed by atoms with Crippen LogP contribution in [0.15, 0.2) is 72.8 Å². The molecule has 0 saturated heterocycles. The molecule has 3 aromatic rings. The van der Waals surface area contributed by atoms with Crippen molar-refractivity contribution < 1.29 is 23.8 Å². The monoisotopic (exact) mass is 402 g/mol. The number of benzene rings is 3. The predicted molar refractivity (Wildman–Crippen MR) is 112 cm³/mol. The molecule has 3 aromatic carbocycles. The Balaban J connectivity index is 1.49. The standard InChI is InChI=1S/C25H22O5/c1-16(2)29-24(26)18-13-11-17(12-14-18)15-28-25(27)23-19-7-3-5-9-21(19)30-22-10-6-4-8-20(22)23/h3-14,16,23H,15H2,1-2H3. The lowest BCUT2D eigenvalue weighted by Gasteiger charge is -2.26. The van der Waals surface area contributed by atoms with E-state index in [2.05, 4.69) is 0 Å². The Kier molecular flexibility index (Phi) is 5.53. The Bertz CT molecular complexity index is 1020. The molecule has 152 valence electrons. The molecule has 0 spiro atoms. The van der Waals surface area contributed by atoms with E-state index in [4.69, 9.17) is 14.2 Å². The van der Waals surface area contributed by atoms with Gasteiger partial charge >= 0.3 is 11.9 Å². The van der Waals surface area contributed by atoms with Gasteiger partial charge in [0.2, 0.25) is 0 Å². The summed E-state index contributed by atoms with van der Waals surface area (Å²) in [6, 6.07) is 21.8. The van der Waals surface area contributed by atoms with E-state index in [0.29, 0.717) is 17.1 Å². The van der Waals surface area contributed by atoms with Gasteiger partial charge < -0.3 is 14.2 Å². The third-order valence-electron chi connectivity index (χ3n) is 4.83. The molecule has 0 saturated carbocycles. The van der Waals surface area contributed by atoms with E-state index in [1.54, 1.807) is 38.1 Å². The Morgan fingerprint density at radius 3 is 2.00 bits per heavy atom. The van der Waals surface area contributed by atoms with Crippen LogP contribution in [-0.4, -0.2) is 18.0 Å². The van der Waals surface area contributed by atoms with Gasteiger partial charge in [-0.1, -0.05) is 48.5 Å². The van der Waals surface area contributed by atoms with Gasteiger partial charge in [-0.15, -0.1) is 0 Å². The Morgan fingerprint density at radius 2 is 1.43 bits per heavy atom. The summed E-state index contributed by atoms with van der Waals surface area (Å²) in [5, 5.41) is 0. The van der Waals surface area contributed by atoms with Gasteiger partial charge in [0, 0.05) is 11.1 Å². The van der Waals surface area contributed by atoms with Crippen molar-refractivity contribution in [2.75, 3.05) is 0 Å². The zero-order valence-corrected chi connectivity index (χ0v) is 16.8. The fourth-order valence-electron chi connectivity index (χ4n) is 3.42. The number of hydrogen-bond acceptors (Lipinski definition) is 5. The molecule has 0 bridgehead atoms. The summed E-state index contributed by atoms with van der Waals surface area (Å²) in [5.41, 5.74) is 2.82. The molecule has 5 nitrogen and oxygen atoms in total. The van der Waals surface area contributed by atoms with Crippen molar-refractivity contribution >= 4 is 11.9 Å². The first-order valence-corrected chi connectivity index (χ1v) is 9.85. The van der Waals surface area contributed by atoms with Crippen molar-refractivity contribution in [3.63, 3.8) is 0 Å². The van der Waals surface area contributed by atoms with E-state index in [1.807, 2.05) is 48.5 Å². The van der Waals surface area contributed by atoms with Crippen LogP contribution in [0.4, 0.5) is 0 Å². The van der Waals surface area contributed by atoms with Gasteiger partial charge in [0.1, 0.15) is 24.0 Å². The zero-order chi connectivity index (χ0) is 21.1. The second kappa shape index (κ2) is 8.41. The molecule has 0 unspecified atom stereocenters. The molecule has 1 heterocycles. The van der Waals surface area contributed by atoms with Gasteiger partial charge in [0.25, 0.3) is 0 Å². The second-order valence-corrected chi connectivity index (χ2v) is 7.37. The average molecular weight is 402 g/mol. The number of hydrogen-bond donors (Lipinski definition) is 0. The predicted octanol–water partition coefficient (Wildman–Crippen LogP) is 5.23. The van der Waals surface area contributed by atoms with E-state index in [-0.39, 0.29) is 24.6 Å². The van der Waals surface area contributed by atoms with Crippen molar-refractivity contribution in [1.82, 2.24) is 0 Å². The molecule has 30 heavy (non-hydrogen) atoms. The lowest BCUT2D eigenvalue weighted by Crippen LogP contribution is -2.21. The van der Waals surface area contributed by atoms with Gasteiger partial charge in [-0.05, 0) is 43.7 Å². The Hall–Kier alpha value is -3.60. The van der Waals surface area contributed by atoms with Crippen LogP contribution in [-0.2, 0) is 20.9 Å². The largest absolute Gasteiger partial charge is 0.460 e. The molecule has 0 atom stereocenters. The van der Waals surface area contributed by atoms with Gasteiger partial charge in [-0.3, -0.25) is 4.79 Å². The minimum absolute atomic E-state index is 0.111. The lowest BCUT2D eigenvalue weighted by molar-refractivity contribution is -0.145. The number of carbonyl (C=O) groups is 2. The Labute approximate surface area is 175 Å². The average Bonchev–Trinajstić information content (AvgIpc) is 2.75. The van der Waals surface area contributed by atoms with Crippen molar-refractivity contribution in [1.29, 1.82) is 0 Å². The first-order chi connectivity index (χ1) is 14.5. The quantitative estimate of drug-likeness (QED) is 0.547. The molecule has 0 amide bonds. The van der Waals surface area contributed by atoms with Crippen molar-refractivity contribution in [2.45, 2.75) is 32.5 Å². The third kappa shape index (κ3) is 4.06. The first kappa shape index (κ1) is 19.7. The number of fused-ring (bicyclic) bond motifs is 2. The lowest BCUT2D eigenvalue weighted by atomic mass is 9.88. The highest BCUT2D eigenvalue weighted by atomic mass is 16.5. The molecule has 5 heteroatoms. The summed E-state index contributed by atoms with van der Waals surface area (Å²) < 4.78 is 16.8. The normalized spacial score (nSPS) is 12.5. The summed E-state index contributed by atoms with van der Waals surface area (Å²) in [7, 11) is 0. The maximum absolute atomic E-state index is 13.0. The summed E-state index contributed by atoms with van der Waals surface area (Å²) in [5.74, 6) is 0.0502. The van der Waals surface area contributed by atoms with E-state index in [0.717, 1.165) is 16.7 Å². The molecule has 1 aliphatic heterocycles. The highest BCUT2D eigenvalue weighted by Gasteiger charge is 2.33. The van der Waals surface area contributed by atoms with E-state index >= 15 is 0 Å². The molecule has 4 rings (SSSR count). The van der Waals surface area contributed by atoms with Gasteiger partial charge in [-0.25, -0.2) is 4.79 Å². The fraction of sp³-hybridized carbons (Fsp3) is 0.200. The number of esters is 2. The third-order valence-corrected chi connectivity index (χ3v) is 4.83. The van der Waals surface area contributed by atoms with Crippen molar-refractivity contribution in [3.05, 3.63) is 95.1 Å². The second-order valence-electron chi connectivity index (χ2n) is 7.37. The van der Waals surface area contributed by atoms with Gasteiger partial charge in [0.15, 0.2) is 0 Å². The van der Waals surface area contributed by atoms with Crippen molar-refractivity contribution in [2.24, 2.45) is 0 Å². The molecule has 0 aromatic heterocycles. The maximum atomic E-state index is 13.0. The topological polar surface area (TPSA) is 61.8 Å². The molecule has 0 aliphatic carbocycles. The Morgan fingerprint density at radius 1 is 0.867 bits per heavy atom. The highest BCUT2D eigenvalue weighted by Crippen LogP contribution is 2.44. The SMILES string of the molecule is CC(C)OC(=O)c1ccc(COC(=O)C2c3ccccc3Oc3ccccc32)cc1. The summed E-state index contributed by atoms with van der Waals surface area (Å²) >= 11 is 0. The molecule has 1 aliphatic rings. The number of ether oxygens (including phenoxy) is 3. The molecule has 0 fully saturated rings. The van der Waals surface area contributed by atoms with E-state index in [9.17, 15) is 9.59 Å². The summed E-state index contributed by atoms with van der Waals surface area (Å²) in [6.07, 6.45) is -0.177. The first-order valence-electron chi connectivity index (χ1n) is 9.85. The van der Waals surface area contributed by atoms with Crippen LogP contribution in [0.1, 0.15) is 46.8 Å². The van der Waals surface area contributed by atoms with Crippen LogP contribution in [0, 0.1) is 0 Å². The van der Waals surface area contributed by atoms with Crippen LogP contribution in [0.2, 0.25) is 0 Å². The number of para-hydroxylation sites is 2. The van der Waals surface area contributed by atoms with Gasteiger partial charge in [0.05, 0.1) is 11.7 Å². The smallest absolute Gasteiger partial charge is 0.338 e. The molecule has 0 N–H and O–H groups in total.